The van der Waals surface area contributed by atoms with Crippen LogP contribution in [0.1, 0.15) is 6.42 Å². The van der Waals surface area contributed by atoms with Gasteiger partial charge in [0.25, 0.3) is 0 Å². The lowest BCUT2D eigenvalue weighted by Crippen LogP contribution is -2.25. The van der Waals surface area contributed by atoms with Crippen LogP contribution in [0.2, 0.25) is 0 Å². The number of nitrogens with two attached hydrogens (primary N) is 1. The zero-order valence-electron chi connectivity index (χ0n) is 6.94. The van der Waals surface area contributed by atoms with Crippen molar-refractivity contribution in [3.63, 3.8) is 0 Å². The summed E-state index contributed by atoms with van der Waals surface area (Å²) >= 11 is 0. The third-order valence-corrected chi connectivity index (χ3v) is 4.37. The summed E-state index contributed by atoms with van der Waals surface area (Å²) in [6.45, 7) is 1.56. The summed E-state index contributed by atoms with van der Waals surface area (Å²) in [5.41, 5.74) is 5.53. The van der Waals surface area contributed by atoms with Gasteiger partial charge in [0.2, 0.25) is 0 Å². The van der Waals surface area contributed by atoms with Gasteiger partial charge in [-0.15, -0.1) is 0 Å². The highest BCUT2D eigenvalue weighted by molar-refractivity contribution is 7.91. The number of nitrogens with zero attached hydrogens (tertiary/aromatic N) is 1. The van der Waals surface area contributed by atoms with E-state index in [-0.39, 0.29) is 11.9 Å². The van der Waals surface area contributed by atoms with Gasteiger partial charge in [0, 0.05) is 12.6 Å². The molecule has 0 aliphatic carbocycles. The molecule has 0 aromatic rings. The molecule has 0 amide bonds. The van der Waals surface area contributed by atoms with E-state index in [0.29, 0.717) is 18.2 Å². The Labute approximate surface area is 72.6 Å². The van der Waals surface area contributed by atoms with E-state index in [1.54, 1.807) is 0 Å². The van der Waals surface area contributed by atoms with Gasteiger partial charge >= 0.3 is 0 Å². The predicted molar refractivity (Wildman–Crippen MR) is 46.3 cm³/mol. The van der Waals surface area contributed by atoms with Crippen LogP contribution in [0.25, 0.3) is 0 Å². The first kappa shape index (κ1) is 8.47. The van der Waals surface area contributed by atoms with Gasteiger partial charge in [-0.3, -0.25) is 4.90 Å². The van der Waals surface area contributed by atoms with Gasteiger partial charge in [-0.2, -0.15) is 0 Å². The van der Waals surface area contributed by atoms with Gasteiger partial charge in [0.1, 0.15) is 5.88 Å². The maximum atomic E-state index is 11.2. The van der Waals surface area contributed by atoms with E-state index in [2.05, 4.69) is 0 Å². The van der Waals surface area contributed by atoms with Gasteiger partial charge in [-0.1, -0.05) is 0 Å². The summed E-state index contributed by atoms with van der Waals surface area (Å²) in [7, 11) is -2.75. The summed E-state index contributed by atoms with van der Waals surface area (Å²) in [4.78, 5) is 2.05. The summed E-state index contributed by atoms with van der Waals surface area (Å²) in [6, 6.07) is 0.267. The second-order valence-electron chi connectivity index (χ2n) is 3.80. The lowest BCUT2D eigenvalue weighted by molar-refractivity contribution is 0.331. The van der Waals surface area contributed by atoms with E-state index < -0.39 is 9.84 Å². The molecule has 2 rings (SSSR count). The molecule has 2 saturated heterocycles. The van der Waals surface area contributed by atoms with Gasteiger partial charge < -0.3 is 5.73 Å². The molecule has 0 spiro atoms. The Morgan fingerprint density at radius 3 is 2.83 bits per heavy atom. The van der Waals surface area contributed by atoms with Crippen molar-refractivity contribution in [1.82, 2.24) is 4.90 Å². The Bertz CT molecular complexity index is 255. The quantitative estimate of drug-likeness (QED) is 0.577. The van der Waals surface area contributed by atoms with Crippen LogP contribution in [-0.4, -0.2) is 44.1 Å². The molecule has 2 atom stereocenters. The van der Waals surface area contributed by atoms with E-state index in [1.807, 2.05) is 4.90 Å². The fourth-order valence-electron chi connectivity index (χ4n) is 2.19. The molecule has 2 aliphatic heterocycles. The molecular weight excluding hydrogens is 176 g/mol. The maximum Gasteiger partial charge on any atom is 0.164 e. The van der Waals surface area contributed by atoms with E-state index >= 15 is 0 Å². The molecule has 2 N–H and O–H groups in total. The molecule has 0 saturated carbocycles. The minimum absolute atomic E-state index is 0.258. The van der Waals surface area contributed by atoms with Crippen LogP contribution in [0, 0.1) is 5.92 Å². The molecule has 5 heteroatoms. The fourth-order valence-corrected chi connectivity index (χ4v) is 4.05. The monoisotopic (exact) mass is 190 g/mol. The smallest absolute Gasteiger partial charge is 0.164 e. The first-order valence-electron chi connectivity index (χ1n) is 4.25. The molecule has 2 fully saturated rings. The average molecular weight is 190 g/mol. The molecule has 0 aromatic carbocycles. The molecular formula is C7H14N2O2S. The largest absolute Gasteiger partial charge is 0.330 e. The lowest BCUT2D eigenvalue weighted by atomic mass is 10.1. The third kappa shape index (κ3) is 1.36. The van der Waals surface area contributed by atoms with Crippen molar-refractivity contribution in [1.29, 1.82) is 0 Å². The molecule has 4 nitrogen and oxygen atoms in total. The number of hydrogen-bond acceptors (Lipinski definition) is 4. The first-order valence-corrected chi connectivity index (χ1v) is 6.07. The summed E-state index contributed by atoms with van der Waals surface area (Å²) < 4.78 is 22.3. The minimum atomic E-state index is -2.75. The van der Waals surface area contributed by atoms with Crippen LogP contribution >= 0.6 is 0 Å². The molecule has 70 valence electrons. The molecule has 12 heavy (non-hydrogen) atoms. The van der Waals surface area contributed by atoms with Crippen LogP contribution in [-0.2, 0) is 9.84 Å². The fraction of sp³-hybridized carbons (Fsp3) is 1.00. The van der Waals surface area contributed by atoms with Crippen LogP contribution in [0.15, 0.2) is 0 Å². The summed E-state index contributed by atoms with van der Waals surface area (Å²) in [5, 5.41) is 0. The highest BCUT2D eigenvalue weighted by Crippen LogP contribution is 2.29. The van der Waals surface area contributed by atoms with E-state index in [4.69, 9.17) is 5.73 Å². The summed E-state index contributed by atoms with van der Waals surface area (Å²) in [5.74, 6) is 1.13. The Kier molecular flexibility index (Phi) is 1.89. The Morgan fingerprint density at radius 1 is 1.50 bits per heavy atom. The molecule has 0 unspecified atom stereocenters. The molecule has 2 aliphatic rings. The maximum absolute atomic E-state index is 11.2. The Morgan fingerprint density at radius 2 is 2.25 bits per heavy atom. The van der Waals surface area contributed by atoms with Crippen molar-refractivity contribution in [2.45, 2.75) is 12.5 Å². The summed E-state index contributed by atoms with van der Waals surface area (Å²) in [6.07, 6.45) is 0.968. The van der Waals surface area contributed by atoms with Crippen LogP contribution in [0.3, 0.4) is 0 Å². The van der Waals surface area contributed by atoms with Crippen molar-refractivity contribution in [2.24, 2.45) is 11.7 Å². The Hall–Kier alpha value is -0.130. The SMILES string of the molecule is NC[C@H]1C[C@@H]2CS(=O)(=O)CN2C1. The number of rotatable bonds is 1. The predicted octanol–water partition coefficient (Wildman–Crippen LogP) is -0.978. The van der Waals surface area contributed by atoms with Crippen molar-refractivity contribution in [3.8, 4) is 0 Å². The normalized spacial score (nSPS) is 40.1. The zero-order chi connectivity index (χ0) is 8.77. The number of sulfone groups is 1. The van der Waals surface area contributed by atoms with Crippen LogP contribution in [0.4, 0.5) is 0 Å². The van der Waals surface area contributed by atoms with Crippen LogP contribution < -0.4 is 5.73 Å². The highest BCUT2D eigenvalue weighted by atomic mass is 32.2. The Balaban J connectivity index is 2.07. The van der Waals surface area contributed by atoms with Gasteiger partial charge in [-0.05, 0) is 18.9 Å². The van der Waals surface area contributed by atoms with E-state index in [0.717, 1.165) is 13.0 Å². The standard InChI is InChI=1S/C7H14N2O2S/c8-2-6-1-7-4-12(10,11)5-9(7)3-6/h6-7H,1-5,8H2/t6-,7-/m1/s1. The minimum Gasteiger partial charge on any atom is -0.330 e. The highest BCUT2D eigenvalue weighted by Gasteiger charge is 2.41. The lowest BCUT2D eigenvalue weighted by Gasteiger charge is -2.10. The van der Waals surface area contributed by atoms with Gasteiger partial charge in [-0.25, -0.2) is 8.42 Å². The topological polar surface area (TPSA) is 63.4 Å². The van der Waals surface area contributed by atoms with Crippen LogP contribution in [0.5, 0.6) is 0 Å². The molecule has 0 radical (unpaired) electrons. The van der Waals surface area contributed by atoms with Crippen molar-refractivity contribution >= 4 is 9.84 Å². The molecule has 0 bridgehead atoms. The first-order chi connectivity index (χ1) is 5.61. The number of fused-ring (bicyclic) bond motifs is 1. The van der Waals surface area contributed by atoms with Crippen molar-refractivity contribution in [2.75, 3.05) is 24.7 Å². The van der Waals surface area contributed by atoms with Gasteiger partial charge in [0.15, 0.2) is 9.84 Å². The van der Waals surface area contributed by atoms with Crippen molar-refractivity contribution in [3.05, 3.63) is 0 Å². The van der Waals surface area contributed by atoms with Crippen molar-refractivity contribution < 1.29 is 8.42 Å². The second-order valence-corrected chi connectivity index (χ2v) is 5.88. The average Bonchev–Trinajstić information content (AvgIpc) is 2.40. The second kappa shape index (κ2) is 2.68. The zero-order valence-corrected chi connectivity index (χ0v) is 7.76. The van der Waals surface area contributed by atoms with E-state index in [9.17, 15) is 8.42 Å². The van der Waals surface area contributed by atoms with E-state index in [1.165, 1.54) is 0 Å². The third-order valence-electron chi connectivity index (χ3n) is 2.76. The molecule has 0 aromatic heterocycles. The van der Waals surface area contributed by atoms with Gasteiger partial charge in [0.05, 0.1) is 5.75 Å². The number of hydrogen-bond donors (Lipinski definition) is 1. The molecule has 2 heterocycles.